The number of nitrogens with zero attached hydrogens (tertiary/aromatic N) is 1. The largest absolute Gasteiger partial charge is 0.366 e. The first-order valence-corrected chi connectivity index (χ1v) is 6.05. The highest BCUT2D eigenvalue weighted by molar-refractivity contribution is 9.10. The summed E-state index contributed by atoms with van der Waals surface area (Å²) in [7, 11) is 0. The lowest BCUT2D eigenvalue weighted by molar-refractivity contribution is 0.996. The molecule has 0 radical (unpaired) electrons. The van der Waals surface area contributed by atoms with Crippen LogP contribution in [0.4, 0.5) is 5.69 Å². The van der Waals surface area contributed by atoms with E-state index in [1.54, 1.807) is 0 Å². The van der Waals surface area contributed by atoms with Gasteiger partial charge in [-0.05, 0) is 29.8 Å². The molecule has 0 bridgehead atoms. The molecular weight excluding hydrogens is 276 g/mol. The molecule has 0 aliphatic carbocycles. The first-order valence-electron chi connectivity index (χ1n) is 5.26. The lowest BCUT2D eigenvalue weighted by Crippen LogP contribution is -2.08. The van der Waals surface area contributed by atoms with E-state index in [4.69, 9.17) is 0 Å². The molecular formula is C14H11BrN2. The van der Waals surface area contributed by atoms with Gasteiger partial charge < -0.3 is 5.32 Å². The zero-order valence-corrected chi connectivity index (χ0v) is 10.7. The van der Waals surface area contributed by atoms with Crippen molar-refractivity contribution in [2.24, 2.45) is 0 Å². The molecule has 0 fully saturated rings. The predicted octanol–water partition coefficient (Wildman–Crippen LogP) is 4.13. The molecule has 2 aromatic carbocycles. The van der Waals surface area contributed by atoms with E-state index in [2.05, 4.69) is 27.3 Å². The second-order valence-electron chi connectivity index (χ2n) is 3.63. The van der Waals surface area contributed by atoms with Crippen LogP contribution in [0.3, 0.4) is 0 Å². The van der Waals surface area contributed by atoms with E-state index in [9.17, 15) is 5.26 Å². The van der Waals surface area contributed by atoms with E-state index in [-0.39, 0.29) is 6.04 Å². The van der Waals surface area contributed by atoms with Crippen molar-refractivity contribution in [2.75, 3.05) is 5.32 Å². The van der Waals surface area contributed by atoms with Crippen molar-refractivity contribution in [3.8, 4) is 6.07 Å². The fourth-order valence-corrected chi connectivity index (χ4v) is 1.99. The number of hydrogen-bond acceptors (Lipinski definition) is 2. The third-order valence-corrected chi connectivity index (χ3v) is 2.89. The first-order chi connectivity index (χ1) is 8.29. The minimum absolute atomic E-state index is 0.338. The Bertz CT molecular complexity index is 531. The van der Waals surface area contributed by atoms with Crippen molar-refractivity contribution in [1.82, 2.24) is 0 Å². The summed E-state index contributed by atoms with van der Waals surface area (Å²) in [4.78, 5) is 0. The molecule has 0 saturated carbocycles. The highest BCUT2D eigenvalue weighted by Crippen LogP contribution is 2.21. The van der Waals surface area contributed by atoms with Crippen molar-refractivity contribution < 1.29 is 0 Å². The van der Waals surface area contributed by atoms with Crippen molar-refractivity contribution in [1.29, 1.82) is 5.26 Å². The first kappa shape index (κ1) is 11.7. The van der Waals surface area contributed by atoms with Crippen LogP contribution in [0.2, 0.25) is 0 Å². The van der Waals surface area contributed by atoms with E-state index >= 15 is 0 Å². The molecule has 2 aromatic rings. The van der Waals surface area contributed by atoms with Crippen LogP contribution in [0, 0.1) is 11.3 Å². The molecule has 0 aromatic heterocycles. The van der Waals surface area contributed by atoms with Gasteiger partial charge in [-0.25, -0.2) is 0 Å². The van der Waals surface area contributed by atoms with E-state index in [1.807, 2.05) is 54.6 Å². The van der Waals surface area contributed by atoms with E-state index in [1.165, 1.54) is 0 Å². The summed E-state index contributed by atoms with van der Waals surface area (Å²) in [6.07, 6.45) is 0. The number of nitrogens with one attached hydrogen (secondary N) is 1. The number of rotatable bonds is 3. The standard InChI is InChI=1S/C14H11BrN2/c15-12-6-4-5-11(9-12)14(10-16)17-13-7-2-1-3-8-13/h1-9,14,17H. The van der Waals surface area contributed by atoms with Gasteiger partial charge in [0.15, 0.2) is 0 Å². The van der Waals surface area contributed by atoms with Gasteiger partial charge >= 0.3 is 0 Å². The maximum Gasteiger partial charge on any atom is 0.140 e. The van der Waals surface area contributed by atoms with Crippen molar-refractivity contribution >= 4 is 21.6 Å². The molecule has 0 spiro atoms. The summed E-state index contributed by atoms with van der Waals surface area (Å²) < 4.78 is 0.977. The SMILES string of the molecule is N#CC(Nc1ccccc1)c1cccc(Br)c1. The van der Waals surface area contributed by atoms with Gasteiger partial charge in [0.25, 0.3) is 0 Å². The van der Waals surface area contributed by atoms with Crippen molar-refractivity contribution in [3.63, 3.8) is 0 Å². The Labute approximate surface area is 109 Å². The number of benzene rings is 2. The van der Waals surface area contributed by atoms with Crippen molar-refractivity contribution in [2.45, 2.75) is 6.04 Å². The summed E-state index contributed by atoms with van der Waals surface area (Å²) in [5.74, 6) is 0. The minimum Gasteiger partial charge on any atom is -0.366 e. The summed E-state index contributed by atoms with van der Waals surface area (Å²) in [6.45, 7) is 0. The monoisotopic (exact) mass is 286 g/mol. The third kappa shape index (κ3) is 3.08. The Balaban J connectivity index is 2.21. The quantitative estimate of drug-likeness (QED) is 0.921. The second kappa shape index (κ2) is 5.51. The van der Waals surface area contributed by atoms with Gasteiger partial charge in [0.1, 0.15) is 6.04 Å². The summed E-state index contributed by atoms with van der Waals surface area (Å²) in [5.41, 5.74) is 1.89. The smallest absolute Gasteiger partial charge is 0.140 e. The van der Waals surface area contributed by atoms with Crippen LogP contribution < -0.4 is 5.32 Å². The van der Waals surface area contributed by atoms with Crippen LogP contribution in [0.15, 0.2) is 59.1 Å². The van der Waals surface area contributed by atoms with Gasteiger partial charge in [-0.15, -0.1) is 0 Å². The maximum atomic E-state index is 9.20. The van der Waals surface area contributed by atoms with E-state index < -0.39 is 0 Å². The number of para-hydroxylation sites is 1. The van der Waals surface area contributed by atoms with Gasteiger partial charge in [0, 0.05) is 10.2 Å². The normalized spacial score (nSPS) is 11.5. The van der Waals surface area contributed by atoms with E-state index in [0.29, 0.717) is 0 Å². The molecule has 3 heteroatoms. The fourth-order valence-electron chi connectivity index (χ4n) is 1.58. The van der Waals surface area contributed by atoms with Gasteiger partial charge in [0.05, 0.1) is 6.07 Å². The molecule has 1 N–H and O–H groups in total. The average molecular weight is 287 g/mol. The molecule has 84 valence electrons. The number of anilines is 1. The van der Waals surface area contributed by atoms with Gasteiger partial charge in [-0.1, -0.05) is 46.3 Å². The lowest BCUT2D eigenvalue weighted by atomic mass is 10.1. The Morgan fingerprint density at radius 3 is 2.47 bits per heavy atom. The Kier molecular flexibility index (Phi) is 3.79. The number of hydrogen-bond donors (Lipinski definition) is 1. The Morgan fingerprint density at radius 2 is 1.82 bits per heavy atom. The molecule has 1 unspecified atom stereocenters. The lowest BCUT2D eigenvalue weighted by Gasteiger charge is -2.13. The van der Waals surface area contributed by atoms with E-state index in [0.717, 1.165) is 15.7 Å². The van der Waals surface area contributed by atoms with Gasteiger partial charge in [0.2, 0.25) is 0 Å². The summed E-state index contributed by atoms with van der Waals surface area (Å²) in [5, 5.41) is 12.4. The molecule has 0 aliphatic heterocycles. The molecule has 0 saturated heterocycles. The molecule has 1 atom stereocenters. The highest BCUT2D eigenvalue weighted by atomic mass is 79.9. The second-order valence-corrected chi connectivity index (χ2v) is 4.54. The third-order valence-electron chi connectivity index (χ3n) is 2.40. The predicted molar refractivity (Wildman–Crippen MR) is 72.6 cm³/mol. The summed E-state index contributed by atoms with van der Waals surface area (Å²) in [6, 6.07) is 19.4. The molecule has 0 amide bonds. The molecule has 0 aliphatic rings. The van der Waals surface area contributed by atoms with Crippen LogP contribution in [-0.2, 0) is 0 Å². The van der Waals surface area contributed by atoms with Crippen LogP contribution in [0.1, 0.15) is 11.6 Å². The number of halogens is 1. The maximum absolute atomic E-state index is 9.20. The highest BCUT2D eigenvalue weighted by Gasteiger charge is 2.09. The van der Waals surface area contributed by atoms with Crippen LogP contribution >= 0.6 is 15.9 Å². The average Bonchev–Trinajstić information content (AvgIpc) is 2.37. The van der Waals surface area contributed by atoms with Gasteiger partial charge in [-0.3, -0.25) is 0 Å². The molecule has 2 rings (SSSR count). The molecule has 2 nitrogen and oxygen atoms in total. The van der Waals surface area contributed by atoms with Crippen LogP contribution in [0.5, 0.6) is 0 Å². The fraction of sp³-hybridized carbons (Fsp3) is 0.0714. The minimum atomic E-state index is -0.338. The van der Waals surface area contributed by atoms with Crippen molar-refractivity contribution in [3.05, 3.63) is 64.6 Å². The molecule has 17 heavy (non-hydrogen) atoms. The topological polar surface area (TPSA) is 35.8 Å². The van der Waals surface area contributed by atoms with Crippen LogP contribution in [0.25, 0.3) is 0 Å². The summed E-state index contributed by atoms with van der Waals surface area (Å²) >= 11 is 3.41. The van der Waals surface area contributed by atoms with Gasteiger partial charge in [-0.2, -0.15) is 5.26 Å². The number of nitriles is 1. The van der Waals surface area contributed by atoms with Crippen LogP contribution in [-0.4, -0.2) is 0 Å². The molecule has 0 heterocycles. The zero-order valence-electron chi connectivity index (χ0n) is 9.10. The Hall–Kier alpha value is -1.79. The Morgan fingerprint density at radius 1 is 1.06 bits per heavy atom. The zero-order chi connectivity index (χ0) is 12.1.